The SMILES string of the molecule is COc1cc(C(=O)N2CCNCC2)ccc1F. The topological polar surface area (TPSA) is 41.6 Å². The molecule has 1 amide bonds. The van der Waals surface area contributed by atoms with Gasteiger partial charge in [0.25, 0.3) is 5.91 Å². The van der Waals surface area contributed by atoms with Gasteiger partial charge in [0.2, 0.25) is 0 Å². The molecule has 1 aliphatic rings. The Balaban J connectivity index is 2.18. The van der Waals surface area contributed by atoms with Crippen molar-refractivity contribution in [3.63, 3.8) is 0 Å². The first kappa shape index (κ1) is 11.9. The number of nitrogens with one attached hydrogen (secondary N) is 1. The summed E-state index contributed by atoms with van der Waals surface area (Å²) >= 11 is 0. The van der Waals surface area contributed by atoms with Crippen molar-refractivity contribution in [3.05, 3.63) is 29.6 Å². The molecule has 1 heterocycles. The fourth-order valence-electron chi connectivity index (χ4n) is 1.84. The lowest BCUT2D eigenvalue weighted by atomic mass is 10.1. The average molecular weight is 238 g/mol. The summed E-state index contributed by atoms with van der Waals surface area (Å²) in [6.07, 6.45) is 0. The average Bonchev–Trinajstić information content (AvgIpc) is 2.39. The van der Waals surface area contributed by atoms with Crippen LogP contribution in [0.3, 0.4) is 0 Å². The highest BCUT2D eigenvalue weighted by atomic mass is 19.1. The number of piperazine rings is 1. The largest absolute Gasteiger partial charge is 0.494 e. The molecule has 0 aliphatic carbocycles. The second kappa shape index (κ2) is 5.14. The third-order valence-electron chi connectivity index (χ3n) is 2.80. The molecule has 17 heavy (non-hydrogen) atoms. The third kappa shape index (κ3) is 2.55. The lowest BCUT2D eigenvalue weighted by Crippen LogP contribution is -2.46. The van der Waals surface area contributed by atoms with Gasteiger partial charge in [0.05, 0.1) is 7.11 Å². The molecule has 5 heteroatoms. The molecular weight excluding hydrogens is 223 g/mol. The first-order valence-electron chi connectivity index (χ1n) is 5.56. The number of halogens is 1. The maximum atomic E-state index is 13.2. The minimum Gasteiger partial charge on any atom is -0.494 e. The quantitative estimate of drug-likeness (QED) is 0.831. The Morgan fingerprint density at radius 1 is 1.41 bits per heavy atom. The minimum atomic E-state index is -0.454. The van der Waals surface area contributed by atoms with Crippen LogP contribution in [0.5, 0.6) is 5.75 Å². The Morgan fingerprint density at radius 2 is 2.12 bits per heavy atom. The predicted octanol–water partition coefficient (Wildman–Crippen LogP) is 0.880. The summed E-state index contributed by atoms with van der Waals surface area (Å²) in [7, 11) is 1.39. The van der Waals surface area contributed by atoms with Crippen molar-refractivity contribution in [2.45, 2.75) is 0 Å². The number of carbonyl (C=O) groups is 1. The number of hydrogen-bond donors (Lipinski definition) is 1. The van der Waals surface area contributed by atoms with E-state index in [-0.39, 0.29) is 11.7 Å². The molecule has 1 aromatic rings. The first-order chi connectivity index (χ1) is 8.22. The van der Waals surface area contributed by atoms with Gasteiger partial charge >= 0.3 is 0 Å². The first-order valence-corrected chi connectivity index (χ1v) is 5.56. The molecule has 1 saturated heterocycles. The van der Waals surface area contributed by atoms with Crippen molar-refractivity contribution < 1.29 is 13.9 Å². The molecule has 0 unspecified atom stereocenters. The maximum Gasteiger partial charge on any atom is 0.254 e. The molecule has 0 saturated carbocycles. The molecule has 0 atom stereocenters. The van der Waals surface area contributed by atoms with Crippen molar-refractivity contribution in [2.24, 2.45) is 0 Å². The summed E-state index contributed by atoms with van der Waals surface area (Å²) in [6.45, 7) is 2.95. The molecule has 2 rings (SSSR count). The van der Waals surface area contributed by atoms with E-state index < -0.39 is 5.82 Å². The van der Waals surface area contributed by atoms with Gasteiger partial charge in [-0.3, -0.25) is 4.79 Å². The zero-order valence-electron chi connectivity index (χ0n) is 9.70. The van der Waals surface area contributed by atoms with Crippen molar-refractivity contribution in [1.29, 1.82) is 0 Å². The molecular formula is C12H15FN2O2. The number of carbonyl (C=O) groups excluding carboxylic acids is 1. The van der Waals surface area contributed by atoms with Crippen LogP contribution in [0.15, 0.2) is 18.2 Å². The van der Waals surface area contributed by atoms with E-state index >= 15 is 0 Å². The summed E-state index contributed by atoms with van der Waals surface area (Å²) in [5.41, 5.74) is 0.463. The van der Waals surface area contributed by atoms with Crippen LogP contribution in [0.25, 0.3) is 0 Å². The lowest BCUT2D eigenvalue weighted by molar-refractivity contribution is 0.0735. The van der Waals surface area contributed by atoms with E-state index in [2.05, 4.69) is 5.32 Å². The summed E-state index contributed by atoms with van der Waals surface area (Å²) in [5.74, 6) is -0.430. The van der Waals surface area contributed by atoms with E-state index in [0.29, 0.717) is 18.7 Å². The van der Waals surface area contributed by atoms with Crippen molar-refractivity contribution in [3.8, 4) is 5.75 Å². The molecule has 0 spiro atoms. The number of amides is 1. The van der Waals surface area contributed by atoms with Gasteiger partial charge in [0, 0.05) is 31.7 Å². The Hall–Kier alpha value is -1.62. The molecule has 1 N–H and O–H groups in total. The van der Waals surface area contributed by atoms with Gasteiger partial charge in [-0.2, -0.15) is 0 Å². The van der Waals surface area contributed by atoms with E-state index in [1.54, 1.807) is 4.90 Å². The fraction of sp³-hybridized carbons (Fsp3) is 0.417. The standard InChI is InChI=1S/C12H15FN2O2/c1-17-11-8-9(2-3-10(11)13)12(16)15-6-4-14-5-7-15/h2-3,8,14H,4-7H2,1H3. The molecule has 1 fully saturated rings. The number of hydrogen-bond acceptors (Lipinski definition) is 3. The summed E-state index contributed by atoms with van der Waals surface area (Å²) in [5, 5.41) is 3.17. The van der Waals surface area contributed by atoms with Crippen molar-refractivity contribution in [1.82, 2.24) is 10.2 Å². The number of nitrogens with zero attached hydrogens (tertiary/aromatic N) is 1. The highest BCUT2D eigenvalue weighted by molar-refractivity contribution is 5.94. The Labute approximate surface area is 99.4 Å². The monoisotopic (exact) mass is 238 g/mol. The number of benzene rings is 1. The lowest BCUT2D eigenvalue weighted by Gasteiger charge is -2.27. The van der Waals surface area contributed by atoms with Gasteiger partial charge in [0.15, 0.2) is 11.6 Å². The van der Waals surface area contributed by atoms with Crippen LogP contribution in [-0.4, -0.2) is 44.1 Å². The van der Waals surface area contributed by atoms with Gasteiger partial charge < -0.3 is 15.0 Å². The molecule has 1 aliphatic heterocycles. The van der Waals surface area contributed by atoms with Gasteiger partial charge in [-0.15, -0.1) is 0 Å². The zero-order chi connectivity index (χ0) is 12.3. The van der Waals surface area contributed by atoms with Gasteiger partial charge in [-0.05, 0) is 18.2 Å². The van der Waals surface area contributed by atoms with E-state index in [1.807, 2.05) is 0 Å². The zero-order valence-corrected chi connectivity index (χ0v) is 9.70. The number of rotatable bonds is 2. The Morgan fingerprint density at radius 3 is 2.76 bits per heavy atom. The molecule has 0 aromatic heterocycles. The van der Waals surface area contributed by atoms with Crippen molar-refractivity contribution in [2.75, 3.05) is 33.3 Å². The second-order valence-electron chi connectivity index (χ2n) is 3.89. The highest BCUT2D eigenvalue weighted by Crippen LogP contribution is 2.19. The minimum absolute atomic E-state index is 0.0789. The molecule has 0 radical (unpaired) electrons. The van der Waals surface area contributed by atoms with Crippen molar-refractivity contribution >= 4 is 5.91 Å². The molecule has 4 nitrogen and oxygen atoms in total. The second-order valence-corrected chi connectivity index (χ2v) is 3.89. The Kier molecular flexibility index (Phi) is 3.58. The van der Waals surface area contributed by atoms with E-state index in [0.717, 1.165) is 13.1 Å². The molecule has 1 aromatic carbocycles. The third-order valence-corrected chi connectivity index (χ3v) is 2.80. The van der Waals surface area contributed by atoms with Crippen LogP contribution in [0.4, 0.5) is 4.39 Å². The molecule has 0 bridgehead atoms. The van der Waals surface area contributed by atoms with E-state index in [4.69, 9.17) is 4.74 Å². The van der Waals surface area contributed by atoms with Crippen LogP contribution < -0.4 is 10.1 Å². The van der Waals surface area contributed by atoms with Crippen LogP contribution in [0.2, 0.25) is 0 Å². The predicted molar refractivity (Wildman–Crippen MR) is 61.7 cm³/mol. The fourth-order valence-corrected chi connectivity index (χ4v) is 1.84. The van der Waals surface area contributed by atoms with Gasteiger partial charge in [-0.25, -0.2) is 4.39 Å². The Bertz CT molecular complexity index is 417. The smallest absolute Gasteiger partial charge is 0.254 e. The van der Waals surface area contributed by atoms with Gasteiger partial charge in [0.1, 0.15) is 0 Å². The van der Waals surface area contributed by atoms with E-state index in [9.17, 15) is 9.18 Å². The van der Waals surface area contributed by atoms with Crippen LogP contribution in [-0.2, 0) is 0 Å². The maximum absolute atomic E-state index is 13.2. The summed E-state index contributed by atoms with van der Waals surface area (Å²) in [4.78, 5) is 13.9. The summed E-state index contributed by atoms with van der Waals surface area (Å²) in [6, 6.07) is 4.19. The number of methoxy groups -OCH3 is 1. The van der Waals surface area contributed by atoms with Crippen LogP contribution >= 0.6 is 0 Å². The highest BCUT2D eigenvalue weighted by Gasteiger charge is 2.19. The molecule has 92 valence electrons. The van der Waals surface area contributed by atoms with Gasteiger partial charge in [-0.1, -0.05) is 0 Å². The van der Waals surface area contributed by atoms with Crippen LogP contribution in [0, 0.1) is 5.82 Å². The van der Waals surface area contributed by atoms with Crippen LogP contribution in [0.1, 0.15) is 10.4 Å². The summed E-state index contributed by atoms with van der Waals surface area (Å²) < 4.78 is 18.1. The van der Waals surface area contributed by atoms with E-state index in [1.165, 1.54) is 25.3 Å². The number of ether oxygens (including phenoxy) is 1. The normalized spacial score (nSPS) is 15.8.